The summed E-state index contributed by atoms with van der Waals surface area (Å²) >= 11 is 0. The van der Waals surface area contributed by atoms with Crippen LogP contribution in [0.5, 0.6) is 5.75 Å². The van der Waals surface area contributed by atoms with E-state index in [1.807, 2.05) is 27.7 Å². The maximum atomic E-state index is 14.0. The van der Waals surface area contributed by atoms with E-state index in [-0.39, 0.29) is 24.1 Å². The Kier molecular flexibility index (Phi) is 9.92. The van der Waals surface area contributed by atoms with Crippen molar-refractivity contribution in [2.75, 3.05) is 30.0 Å². The summed E-state index contributed by atoms with van der Waals surface area (Å²) in [5, 5.41) is 28.1. The Morgan fingerprint density at radius 1 is 1.11 bits per heavy atom. The number of nitrogens with zero attached hydrogens (tertiary/aromatic N) is 5. The normalized spacial score (nSPS) is 17.4. The number of likely N-dealkylation sites (tertiary alicyclic amines) is 1. The predicted octanol–water partition coefficient (Wildman–Crippen LogP) is 6.10. The molecule has 0 aliphatic carbocycles. The van der Waals surface area contributed by atoms with Crippen molar-refractivity contribution in [2.45, 2.75) is 91.8 Å². The third kappa shape index (κ3) is 7.35. The SMILES string of the molecule is CCOc1ccc(N(C(=O)OC(C)(C)C)c2c(CCCO)c(NC3CCCN(C(=O)O)[C@H]3C(C)(C)C)nc3ccnn23)cc1. The number of piperidine rings is 1. The molecule has 12 nitrogen and oxygen atoms in total. The van der Waals surface area contributed by atoms with Gasteiger partial charge in [-0.15, -0.1) is 0 Å². The zero-order valence-corrected chi connectivity index (χ0v) is 26.8. The summed E-state index contributed by atoms with van der Waals surface area (Å²) in [7, 11) is 0. The second-order valence-corrected chi connectivity index (χ2v) is 13.1. The lowest BCUT2D eigenvalue weighted by atomic mass is 9.77. The van der Waals surface area contributed by atoms with E-state index < -0.39 is 17.8 Å². The molecule has 3 heterocycles. The van der Waals surface area contributed by atoms with E-state index in [9.17, 15) is 19.8 Å². The fraction of sp³-hybridized carbons (Fsp3) is 0.562. The highest BCUT2D eigenvalue weighted by Gasteiger charge is 2.42. The average molecular weight is 611 g/mol. The van der Waals surface area contributed by atoms with E-state index >= 15 is 0 Å². The highest BCUT2D eigenvalue weighted by atomic mass is 16.6. The summed E-state index contributed by atoms with van der Waals surface area (Å²) in [5.74, 6) is 1.59. The molecule has 0 radical (unpaired) electrons. The molecule has 1 unspecified atom stereocenters. The maximum absolute atomic E-state index is 14.0. The number of anilines is 3. The molecule has 44 heavy (non-hydrogen) atoms. The molecule has 1 aliphatic rings. The second kappa shape index (κ2) is 13.3. The van der Waals surface area contributed by atoms with Gasteiger partial charge in [-0.1, -0.05) is 20.8 Å². The number of hydrogen-bond donors (Lipinski definition) is 3. The van der Waals surface area contributed by atoms with E-state index in [4.69, 9.17) is 14.5 Å². The standard InChI is InChI=1S/C32H46N6O6/c1-8-43-22-15-13-21(14-16-22)37(30(42)44-32(5,6)7)28-23(11-10-20-39)27(35-25-17-18-33-38(25)28)34-24-12-9-19-36(29(40)41)26(24)31(2,3)4/h13-18,24,26,39H,8-12,19-20H2,1-7H3,(H,34,35)(H,40,41)/t24?,26-/m1/s1. The van der Waals surface area contributed by atoms with Crippen molar-refractivity contribution in [1.82, 2.24) is 19.5 Å². The lowest BCUT2D eigenvalue weighted by molar-refractivity contribution is 0.0518. The molecule has 1 fully saturated rings. The van der Waals surface area contributed by atoms with Crippen LogP contribution in [0.25, 0.3) is 5.65 Å². The minimum absolute atomic E-state index is 0.0770. The predicted molar refractivity (Wildman–Crippen MR) is 169 cm³/mol. The number of hydrogen-bond acceptors (Lipinski definition) is 8. The molecule has 0 bridgehead atoms. The van der Waals surface area contributed by atoms with Crippen LogP contribution < -0.4 is 15.0 Å². The molecule has 1 saturated heterocycles. The summed E-state index contributed by atoms with van der Waals surface area (Å²) in [6.45, 7) is 14.3. The fourth-order valence-corrected chi connectivity index (χ4v) is 5.88. The third-order valence-corrected chi connectivity index (χ3v) is 7.47. The summed E-state index contributed by atoms with van der Waals surface area (Å²) in [4.78, 5) is 34.2. The Labute approximate surface area is 259 Å². The number of fused-ring (bicyclic) bond motifs is 1. The van der Waals surface area contributed by atoms with Crippen LogP contribution in [0.2, 0.25) is 0 Å². The average Bonchev–Trinajstić information content (AvgIpc) is 3.40. The number of carbonyl (C=O) groups is 2. The monoisotopic (exact) mass is 610 g/mol. The second-order valence-electron chi connectivity index (χ2n) is 13.1. The number of carbonyl (C=O) groups excluding carboxylic acids is 1. The van der Waals surface area contributed by atoms with Crippen molar-refractivity contribution >= 4 is 35.2 Å². The summed E-state index contributed by atoms with van der Waals surface area (Å²) in [5.41, 5.74) is 0.522. The van der Waals surface area contributed by atoms with E-state index in [0.29, 0.717) is 66.7 Å². The first-order valence-corrected chi connectivity index (χ1v) is 15.2. The number of ether oxygens (including phenoxy) is 2. The van der Waals surface area contributed by atoms with Crippen molar-refractivity contribution in [3.05, 3.63) is 42.1 Å². The molecule has 1 aliphatic heterocycles. The maximum Gasteiger partial charge on any atom is 0.420 e. The number of aliphatic hydroxyl groups is 1. The molecule has 0 saturated carbocycles. The molecular weight excluding hydrogens is 564 g/mol. The molecular formula is C32H46N6O6. The van der Waals surface area contributed by atoms with Crippen molar-refractivity contribution in [3.8, 4) is 5.75 Å². The fourth-order valence-electron chi connectivity index (χ4n) is 5.88. The molecule has 3 aromatic rings. The Bertz CT molecular complexity index is 1440. The summed E-state index contributed by atoms with van der Waals surface area (Å²) in [6, 6.07) is 8.32. The molecule has 2 amide bonds. The van der Waals surface area contributed by atoms with Gasteiger partial charge in [-0.25, -0.2) is 19.5 Å². The molecule has 2 aromatic heterocycles. The van der Waals surface area contributed by atoms with Gasteiger partial charge in [0, 0.05) is 30.8 Å². The molecule has 1 aromatic carbocycles. The van der Waals surface area contributed by atoms with Crippen LogP contribution in [-0.4, -0.2) is 79.3 Å². The third-order valence-electron chi connectivity index (χ3n) is 7.47. The van der Waals surface area contributed by atoms with E-state index in [2.05, 4.69) is 10.4 Å². The van der Waals surface area contributed by atoms with Gasteiger partial charge in [0.25, 0.3) is 0 Å². The van der Waals surface area contributed by atoms with Gasteiger partial charge in [0.05, 0.1) is 24.5 Å². The van der Waals surface area contributed by atoms with Gasteiger partial charge in [-0.2, -0.15) is 9.61 Å². The van der Waals surface area contributed by atoms with Crippen molar-refractivity contribution < 1.29 is 29.3 Å². The van der Waals surface area contributed by atoms with Gasteiger partial charge in [-0.3, -0.25) is 0 Å². The van der Waals surface area contributed by atoms with Gasteiger partial charge < -0.3 is 29.9 Å². The van der Waals surface area contributed by atoms with Crippen LogP contribution in [-0.2, 0) is 11.2 Å². The first-order valence-electron chi connectivity index (χ1n) is 15.2. The van der Waals surface area contributed by atoms with E-state index in [1.54, 1.807) is 61.8 Å². The smallest absolute Gasteiger partial charge is 0.420 e. The minimum atomic E-state index is -0.955. The van der Waals surface area contributed by atoms with Crippen LogP contribution >= 0.6 is 0 Å². The molecule has 0 spiro atoms. The molecule has 2 atom stereocenters. The summed E-state index contributed by atoms with van der Waals surface area (Å²) < 4.78 is 13.2. The molecule has 240 valence electrons. The topological polar surface area (TPSA) is 142 Å². The minimum Gasteiger partial charge on any atom is -0.494 e. The number of benzene rings is 1. The zero-order chi connectivity index (χ0) is 32.2. The van der Waals surface area contributed by atoms with Crippen LogP contribution in [0.3, 0.4) is 0 Å². The Balaban J connectivity index is 1.93. The van der Waals surface area contributed by atoms with Gasteiger partial charge in [0.1, 0.15) is 17.2 Å². The molecule has 12 heteroatoms. The van der Waals surface area contributed by atoms with Crippen molar-refractivity contribution in [2.24, 2.45) is 5.41 Å². The highest BCUT2D eigenvalue weighted by Crippen LogP contribution is 2.39. The van der Waals surface area contributed by atoms with E-state index in [1.165, 1.54) is 9.80 Å². The Hall–Kier alpha value is -4.06. The van der Waals surface area contributed by atoms with E-state index in [0.717, 1.165) is 6.42 Å². The van der Waals surface area contributed by atoms with Crippen LogP contribution in [0, 0.1) is 5.41 Å². The number of aliphatic hydroxyl groups excluding tert-OH is 1. The van der Waals surface area contributed by atoms with Crippen molar-refractivity contribution in [1.29, 1.82) is 0 Å². The Morgan fingerprint density at radius 2 is 1.82 bits per heavy atom. The van der Waals surface area contributed by atoms with Gasteiger partial charge in [0.15, 0.2) is 11.5 Å². The molecule has 3 N–H and O–H groups in total. The van der Waals surface area contributed by atoms with Crippen LogP contribution in [0.15, 0.2) is 36.5 Å². The highest BCUT2D eigenvalue weighted by molar-refractivity contribution is 5.97. The number of nitrogens with one attached hydrogen (secondary N) is 1. The van der Waals surface area contributed by atoms with Crippen molar-refractivity contribution in [3.63, 3.8) is 0 Å². The molecule has 4 rings (SSSR count). The lowest BCUT2D eigenvalue weighted by Gasteiger charge is -2.47. The van der Waals surface area contributed by atoms with Crippen LogP contribution in [0.1, 0.15) is 73.3 Å². The van der Waals surface area contributed by atoms with Gasteiger partial charge in [-0.05, 0) is 83.1 Å². The lowest BCUT2D eigenvalue weighted by Crippen LogP contribution is -2.58. The number of rotatable bonds is 9. The van der Waals surface area contributed by atoms with Crippen LogP contribution in [0.4, 0.5) is 26.9 Å². The van der Waals surface area contributed by atoms with Gasteiger partial charge in [0.2, 0.25) is 0 Å². The Morgan fingerprint density at radius 3 is 2.41 bits per heavy atom. The van der Waals surface area contributed by atoms with Gasteiger partial charge >= 0.3 is 12.2 Å². The number of amides is 2. The summed E-state index contributed by atoms with van der Waals surface area (Å²) in [6.07, 6.45) is 2.24. The number of aromatic nitrogens is 3. The quantitative estimate of drug-likeness (QED) is 0.262. The zero-order valence-electron chi connectivity index (χ0n) is 26.8. The number of carboxylic acid groups (broad SMARTS) is 1. The first kappa shape index (κ1) is 32.8. The largest absolute Gasteiger partial charge is 0.494 e. The first-order chi connectivity index (χ1) is 20.7.